The summed E-state index contributed by atoms with van der Waals surface area (Å²) in [5.74, 6) is 1.84. The van der Waals surface area contributed by atoms with Crippen LogP contribution in [-0.2, 0) is 21.4 Å². The third-order valence-corrected chi connectivity index (χ3v) is 4.75. The van der Waals surface area contributed by atoms with Gasteiger partial charge >= 0.3 is 0 Å². The third kappa shape index (κ3) is 5.39. The molecule has 1 aromatic carbocycles. The first kappa shape index (κ1) is 19.5. The van der Waals surface area contributed by atoms with Crippen molar-refractivity contribution < 1.29 is 14.1 Å². The molecule has 2 aromatic rings. The minimum absolute atomic E-state index is 0.128. The summed E-state index contributed by atoms with van der Waals surface area (Å²) in [7, 11) is 0. The van der Waals surface area contributed by atoms with E-state index in [1.54, 1.807) is 0 Å². The van der Waals surface area contributed by atoms with Gasteiger partial charge < -0.3 is 14.2 Å². The number of carbonyl (C=O) groups is 1. The van der Waals surface area contributed by atoms with Crippen LogP contribution in [0.5, 0.6) is 0 Å². The van der Waals surface area contributed by atoms with Crippen LogP contribution in [0.4, 0.5) is 5.69 Å². The zero-order valence-electron chi connectivity index (χ0n) is 16.5. The quantitative estimate of drug-likeness (QED) is 0.741. The number of rotatable bonds is 7. The van der Waals surface area contributed by atoms with Gasteiger partial charge in [-0.15, -0.1) is 0 Å². The van der Waals surface area contributed by atoms with Gasteiger partial charge in [0.25, 0.3) is 0 Å². The average Bonchev–Trinajstić information content (AvgIpc) is 3.32. The molecule has 0 spiro atoms. The summed E-state index contributed by atoms with van der Waals surface area (Å²) in [5.41, 5.74) is 0.813. The minimum atomic E-state index is -0.134. The van der Waals surface area contributed by atoms with Gasteiger partial charge in [-0.2, -0.15) is 4.98 Å². The number of ether oxygens (including phenoxy) is 1. The first-order valence-corrected chi connectivity index (χ1v) is 9.69. The Balaban J connectivity index is 1.58. The maximum absolute atomic E-state index is 12.9. The van der Waals surface area contributed by atoms with Crippen LogP contribution in [0.2, 0.25) is 0 Å². The first-order chi connectivity index (χ1) is 12.9. The minimum Gasteiger partial charge on any atom is -0.381 e. The molecule has 2 heterocycles. The Morgan fingerprint density at radius 3 is 2.67 bits per heavy atom. The lowest BCUT2D eigenvalue weighted by atomic mass is 9.96. The van der Waals surface area contributed by atoms with Gasteiger partial charge in [-0.3, -0.25) is 4.79 Å². The lowest BCUT2D eigenvalue weighted by Crippen LogP contribution is -2.35. The summed E-state index contributed by atoms with van der Waals surface area (Å²) in [4.78, 5) is 19.2. The van der Waals surface area contributed by atoms with Crippen molar-refractivity contribution in [3.8, 4) is 0 Å². The molecule has 27 heavy (non-hydrogen) atoms. The molecule has 0 unspecified atom stereocenters. The van der Waals surface area contributed by atoms with Crippen molar-refractivity contribution in [3.63, 3.8) is 0 Å². The second-order valence-electron chi connectivity index (χ2n) is 8.18. The number of hydrogen-bond acceptors (Lipinski definition) is 5. The van der Waals surface area contributed by atoms with Crippen molar-refractivity contribution in [2.75, 3.05) is 24.7 Å². The lowest BCUT2D eigenvalue weighted by molar-refractivity contribution is -0.118. The van der Waals surface area contributed by atoms with Gasteiger partial charge in [0, 0.05) is 43.0 Å². The lowest BCUT2D eigenvalue weighted by Gasteiger charge is -2.25. The van der Waals surface area contributed by atoms with Gasteiger partial charge in [0.15, 0.2) is 5.82 Å². The number of para-hydroxylation sites is 1. The van der Waals surface area contributed by atoms with E-state index < -0.39 is 0 Å². The van der Waals surface area contributed by atoms with Crippen molar-refractivity contribution in [3.05, 3.63) is 42.0 Å². The molecule has 1 fully saturated rings. The predicted octanol–water partition coefficient (Wildman–Crippen LogP) is 3.76. The Morgan fingerprint density at radius 2 is 2.04 bits per heavy atom. The highest BCUT2D eigenvalue weighted by molar-refractivity contribution is 5.93. The second-order valence-corrected chi connectivity index (χ2v) is 8.18. The van der Waals surface area contributed by atoms with Crippen LogP contribution in [0, 0.1) is 5.92 Å². The van der Waals surface area contributed by atoms with E-state index in [-0.39, 0.29) is 11.3 Å². The summed E-state index contributed by atoms with van der Waals surface area (Å²) in [5, 5.41) is 4.04. The van der Waals surface area contributed by atoms with Crippen LogP contribution in [0.25, 0.3) is 0 Å². The van der Waals surface area contributed by atoms with E-state index in [0.717, 1.165) is 25.3 Å². The van der Waals surface area contributed by atoms with E-state index in [1.165, 1.54) is 0 Å². The van der Waals surface area contributed by atoms with Gasteiger partial charge in [0.05, 0.1) is 6.61 Å². The smallest absolute Gasteiger partial charge is 0.227 e. The van der Waals surface area contributed by atoms with E-state index in [9.17, 15) is 4.79 Å². The third-order valence-electron chi connectivity index (χ3n) is 4.75. The van der Waals surface area contributed by atoms with Crippen molar-refractivity contribution in [2.24, 2.45) is 5.92 Å². The molecular formula is C21H29N3O3. The van der Waals surface area contributed by atoms with Crippen molar-refractivity contribution >= 4 is 11.6 Å². The molecule has 0 radical (unpaired) electrons. The molecular weight excluding hydrogens is 342 g/mol. The van der Waals surface area contributed by atoms with Crippen LogP contribution < -0.4 is 4.90 Å². The van der Waals surface area contributed by atoms with Crippen molar-refractivity contribution in [1.82, 2.24) is 10.1 Å². The zero-order valence-corrected chi connectivity index (χ0v) is 16.5. The van der Waals surface area contributed by atoms with E-state index in [0.29, 0.717) is 43.4 Å². The monoisotopic (exact) mass is 371 g/mol. The molecule has 1 aromatic heterocycles. The van der Waals surface area contributed by atoms with Crippen LogP contribution in [0.15, 0.2) is 34.9 Å². The molecule has 0 aliphatic carbocycles. The normalized spacial score (nSPS) is 17.2. The SMILES string of the molecule is CC(C)(C)c1noc(CCCC(=O)N(C[C@H]2CCOC2)c2ccccc2)n1. The maximum atomic E-state index is 12.9. The fraction of sp³-hybridized carbons (Fsp3) is 0.571. The summed E-state index contributed by atoms with van der Waals surface area (Å²) < 4.78 is 10.8. The van der Waals surface area contributed by atoms with Gasteiger partial charge in [-0.25, -0.2) is 0 Å². The van der Waals surface area contributed by atoms with Crippen LogP contribution in [-0.4, -0.2) is 35.8 Å². The highest BCUT2D eigenvalue weighted by Gasteiger charge is 2.24. The maximum Gasteiger partial charge on any atom is 0.227 e. The summed E-state index contributed by atoms with van der Waals surface area (Å²) >= 11 is 0. The molecule has 0 saturated carbocycles. The van der Waals surface area contributed by atoms with E-state index in [2.05, 4.69) is 30.9 Å². The standard InChI is InChI=1S/C21H29N3O3/c1-21(2,3)20-22-18(27-23-20)10-7-11-19(25)24(14-16-12-13-26-15-16)17-8-5-4-6-9-17/h4-6,8-9,16H,7,10-15H2,1-3H3/t16-/m1/s1. The molecule has 0 N–H and O–H groups in total. The number of anilines is 1. The molecule has 1 saturated heterocycles. The van der Waals surface area contributed by atoms with Crippen LogP contribution in [0.1, 0.15) is 51.7 Å². The molecule has 6 nitrogen and oxygen atoms in total. The number of benzene rings is 1. The average molecular weight is 371 g/mol. The Kier molecular flexibility index (Phi) is 6.26. The Labute approximate surface area is 160 Å². The largest absolute Gasteiger partial charge is 0.381 e. The number of amides is 1. The van der Waals surface area contributed by atoms with Gasteiger partial charge in [-0.1, -0.05) is 44.1 Å². The van der Waals surface area contributed by atoms with Gasteiger partial charge in [-0.05, 0) is 25.0 Å². The predicted molar refractivity (Wildman–Crippen MR) is 104 cm³/mol. The van der Waals surface area contributed by atoms with E-state index in [1.807, 2.05) is 35.2 Å². The van der Waals surface area contributed by atoms with Gasteiger partial charge in [0.1, 0.15) is 0 Å². The number of carbonyl (C=O) groups excluding carboxylic acids is 1. The fourth-order valence-electron chi connectivity index (χ4n) is 3.13. The highest BCUT2D eigenvalue weighted by Crippen LogP contribution is 2.22. The van der Waals surface area contributed by atoms with Crippen molar-refractivity contribution in [1.29, 1.82) is 0 Å². The molecule has 146 valence electrons. The summed E-state index contributed by atoms with van der Waals surface area (Å²) in [6, 6.07) is 9.87. The summed E-state index contributed by atoms with van der Waals surface area (Å²) in [6.45, 7) is 8.38. The zero-order chi connectivity index (χ0) is 19.3. The molecule has 3 rings (SSSR count). The number of hydrogen-bond donors (Lipinski definition) is 0. The number of aromatic nitrogens is 2. The summed E-state index contributed by atoms with van der Waals surface area (Å²) in [6.07, 6.45) is 2.77. The molecule has 1 atom stereocenters. The number of aryl methyl sites for hydroxylation is 1. The van der Waals surface area contributed by atoms with Crippen molar-refractivity contribution in [2.45, 2.75) is 51.9 Å². The Morgan fingerprint density at radius 1 is 1.26 bits per heavy atom. The molecule has 1 aliphatic rings. The molecule has 6 heteroatoms. The Bertz CT molecular complexity index is 731. The fourth-order valence-corrected chi connectivity index (χ4v) is 3.13. The topological polar surface area (TPSA) is 68.5 Å². The van der Waals surface area contributed by atoms with E-state index >= 15 is 0 Å². The van der Waals surface area contributed by atoms with Gasteiger partial charge in [0.2, 0.25) is 11.8 Å². The second kappa shape index (κ2) is 8.65. The van der Waals surface area contributed by atoms with E-state index in [4.69, 9.17) is 9.26 Å². The highest BCUT2D eigenvalue weighted by atomic mass is 16.5. The van der Waals surface area contributed by atoms with Crippen LogP contribution >= 0.6 is 0 Å². The first-order valence-electron chi connectivity index (χ1n) is 9.69. The molecule has 1 aliphatic heterocycles. The molecule has 0 bridgehead atoms. The van der Waals surface area contributed by atoms with Crippen LogP contribution in [0.3, 0.4) is 0 Å². The molecule has 1 amide bonds. The Hall–Kier alpha value is -2.21. The number of nitrogens with zero attached hydrogens (tertiary/aromatic N) is 3.